The molecule has 8 nitrogen and oxygen atoms in total. The van der Waals surface area contributed by atoms with Crippen molar-refractivity contribution in [3.05, 3.63) is 41.9 Å². The van der Waals surface area contributed by atoms with Crippen LogP contribution in [0.5, 0.6) is 5.88 Å². The van der Waals surface area contributed by atoms with E-state index in [0.717, 1.165) is 38.2 Å². The van der Waals surface area contributed by atoms with Gasteiger partial charge in [0.2, 0.25) is 11.8 Å². The summed E-state index contributed by atoms with van der Waals surface area (Å²) in [5, 5.41) is 7.37. The molecule has 0 bridgehead atoms. The monoisotopic (exact) mass is 373 g/mol. The van der Waals surface area contributed by atoms with Gasteiger partial charge in [0.25, 0.3) is 0 Å². The summed E-state index contributed by atoms with van der Waals surface area (Å²) < 4.78 is 12.3. The highest BCUT2D eigenvalue weighted by Gasteiger charge is 2.23. The van der Waals surface area contributed by atoms with Gasteiger partial charge in [-0.25, -0.2) is 4.98 Å². The van der Waals surface area contributed by atoms with E-state index >= 15 is 0 Å². The van der Waals surface area contributed by atoms with E-state index in [1.165, 1.54) is 12.8 Å². The fraction of sp³-hybridized carbons (Fsp3) is 0.526. The molecule has 1 aliphatic rings. The predicted octanol–water partition coefficient (Wildman–Crippen LogP) is 1.07. The molecule has 8 heteroatoms. The van der Waals surface area contributed by atoms with Crippen molar-refractivity contribution >= 4 is 5.91 Å². The van der Waals surface area contributed by atoms with Crippen molar-refractivity contribution in [2.45, 2.75) is 26.1 Å². The van der Waals surface area contributed by atoms with Gasteiger partial charge in [-0.3, -0.25) is 14.4 Å². The average Bonchev–Trinajstić information content (AvgIpc) is 3.02. The minimum absolute atomic E-state index is 0.0807. The van der Waals surface area contributed by atoms with Gasteiger partial charge in [-0.1, -0.05) is 6.07 Å². The van der Waals surface area contributed by atoms with Crippen LogP contribution in [0.1, 0.15) is 17.7 Å². The van der Waals surface area contributed by atoms with Crippen LogP contribution in [0.25, 0.3) is 0 Å². The van der Waals surface area contributed by atoms with E-state index in [0.29, 0.717) is 18.3 Å². The molecule has 3 heterocycles. The predicted molar refractivity (Wildman–Crippen MR) is 100 cm³/mol. The molecule has 1 atom stereocenters. The van der Waals surface area contributed by atoms with E-state index in [4.69, 9.17) is 9.47 Å². The van der Waals surface area contributed by atoms with Crippen LogP contribution in [0, 0.1) is 5.92 Å². The molecule has 146 valence electrons. The molecule has 0 aliphatic carbocycles. The van der Waals surface area contributed by atoms with Gasteiger partial charge in [0.15, 0.2) is 0 Å². The number of amides is 1. The summed E-state index contributed by atoms with van der Waals surface area (Å²) >= 11 is 0. The molecule has 2 aromatic heterocycles. The molecule has 0 aromatic carbocycles. The van der Waals surface area contributed by atoms with E-state index < -0.39 is 0 Å². The van der Waals surface area contributed by atoms with Crippen molar-refractivity contribution in [2.24, 2.45) is 5.92 Å². The molecule has 2 aromatic rings. The lowest BCUT2D eigenvalue weighted by Crippen LogP contribution is -2.32. The zero-order valence-electron chi connectivity index (χ0n) is 15.9. The molecule has 3 rings (SSSR count). The van der Waals surface area contributed by atoms with E-state index in [-0.39, 0.29) is 12.5 Å². The number of hydrogen-bond acceptors (Lipinski definition) is 6. The minimum atomic E-state index is -0.0807. The van der Waals surface area contributed by atoms with Crippen LogP contribution < -0.4 is 10.1 Å². The number of ether oxygens (including phenoxy) is 2. The lowest BCUT2D eigenvalue weighted by Gasteiger charge is -2.24. The van der Waals surface area contributed by atoms with E-state index in [9.17, 15) is 4.79 Å². The lowest BCUT2D eigenvalue weighted by atomic mass is 10.0. The van der Waals surface area contributed by atoms with Gasteiger partial charge < -0.3 is 14.8 Å². The molecular formula is C19H27N5O3. The molecule has 1 N–H and O–H groups in total. The van der Waals surface area contributed by atoms with Crippen molar-refractivity contribution in [1.82, 2.24) is 25.0 Å². The van der Waals surface area contributed by atoms with Gasteiger partial charge >= 0.3 is 0 Å². The Morgan fingerprint density at radius 1 is 1.30 bits per heavy atom. The largest absolute Gasteiger partial charge is 0.481 e. The maximum absolute atomic E-state index is 11.6. The van der Waals surface area contributed by atoms with Crippen LogP contribution in [0.4, 0.5) is 0 Å². The van der Waals surface area contributed by atoms with E-state index in [2.05, 4.69) is 31.0 Å². The van der Waals surface area contributed by atoms with Crippen molar-refractivity contribution in [3.8, 4) is 5.88 Å². The smallest absolute Gasteiger partial charge is 0.245 e. The van der Waals surface area contributed by atoms with Crippen LogP contribution >= 0.6 is 0 Å². The summed E-state index contributed by atoms with van der Waals surface area (Å²) in [6.07, 6.45) is 4.47. The first-order chi connectivity index (χ1) is 13.2. The second-order valence-electron chi connectivity index (χ2n) is 6.78. The topological polar surface area (TPSA) is 81.5 Å². The molecule has 0 spiro atoms. The average molecular weight is 373 g/mol. The Morgan fingerprint density at radius 3 is 3.00 bits per heavy atom. The number of fused-ring (bicyclic) bond motifs is 1. The first-order valence-corrected chi connectivity index (χ1v) is 9.16. The molecule has 0 saturated carbocycles. The van der Waals surface area contributed by atoms with Crippen LogP contribution in [0.15, 0.2) is 30.6 Å². The van der Waals surface area contributed by atoms with Crippen LogP contribution in [0.2, 0.25) is 0 Å². The number of rotatable bonds is 8. The van der Waals surface area contributed by atoms with Gasteiger partial charge in [-0.05, 0) is 24.5 Å². The number of carbonyl (C=O) groups excluding carboxylic acids is 1. The first-order valence-electron chi connectivity index (χ1n) is 9.16. The maximum Gasteiger partial charge on any atom is 0.245 e. The number of methoxy groups -OCH3 is 2. The Bertz CT molecular complexity index is 748. The Hall–Kier alpha value is -2.45. The highest BCUT2D eigenvalue weighted by Crippen LogP contribution is 2.22. The fourth-order valence-electron chi connectivity index (χ4n) is 3.49. The number of carbonyl (C=O) groups is 1. The molecule has 1 unspecified atom stereocenters. The van der Waals surface area contributed by atoms with Gasteiger partial charge in [-0.2, -0.15) is 5.10 Å². The zero-order chi connectivity index (χ0) is 19.1. The van der Waals surface area contributed by atoms with E-state index in [1.54, 1.807) is 13.3 Å². The summed E-state index contributed by atoms with van der Waals surface area (Å²) in [6, 6.07) is 6.05. The number of pyridine rings is 1. The zero-order valence-corrected chi connectivity index (χ0v) is 15.9. The van der Waals surface area contributed by atoms with Crippen LogP contribution in [-0.4, -0.2) is 59.5 Å². The maximum atomic E-state index is 11.6. The number of hydrogen-bond donors (Lipinski definition) is 1. The molecule has 0 radical (unpaired) electrons. The third kappa shape index (κ3) is 5.27. The standard InChI is InChI=1S/C19H27N5O3/c1-26-14-18(25)20-8-5-15-10-23(13-17-6-9-22-24(17)11-15)12-16-4-3-7-21-19(16)27-2/h3-4,6-7,9,15H,5,8,10-14H2,1-2H3,(H,20,25). The third-order valence-electron chi connectivity index (χ3n) is 4.73. The quantitative estimate of drug-likeness (QED) is 0.746. The SMILES string of the molecule is COCC(=O)NCCC1CN(Cc2cccnc2OC)Cc2ccnn2C1. The summed E-state index contributed by atoms with van der Waals surface area (Å²) in [6.45, 7) is 4.08. The minimum Gasteiger partial charge on any atom is -0.481 e. The molecular weight excluding hydrogens is 346 g/mol. The Morgan fingerprint density at radius 2 is 2.19 bits per heavy atom. The molecule has 27 heavy (non-hydrogen) atoms. The first kappa shape index (κ1) is 19.3. The number of nitrogens with zero attached hydrogens (tertiary/aromatic N) is 4. The number of aromatic nitrogens is 3. The van der Waals surface area contributed by atoms with Gasteiger partial charge in [0.05, 0.1) is 12.8 Å². The van der Waals surface area contributed by atoms with Crippen molar-refractivity contribution in [2.75, 3.05) is 33.9 Å². The summed E-state index contributed by atoms with van der Waals surface area (Å²) in [5.74, 6) is 0.971. The van der Waals surface area contributed by atoms with Gasteiger partial charge in [-0.15, -0.1) is 0 Å². The van der Waals surface area contributed by atoms with Gasteiger partial charge in [0.1, 0.15) is 6.61 Å². The Kier molecular flexibility index (Phi) is 6.78. The second kappa shape index (κ2) is 9.48. The van der Waals surface area contributed by atoms with Gasteiger partial charge in [0, 0.05) is 57.8 Å². The van der Waals surface area contributed by atoms with Crippen molar-refractivity contribution in [3.63, 3.8) is 0 Å². The Labute approximate surface area is 159 Å². The molecule has 1 aliphatic heterocycles. The summed E-state index contributed by atoms with van der Waals surface area (Å²) in [5.41, 5.74) is 2.27. The van der Waals surface area contributed by atoms with Crippen molar-refractivity contribution in [1.29, 1.82) is 0 Å². The second-order valence-corrected chi connectivity index (χ2v) is 6.78. The normalized spacial score (nSPS) is 17.2. The van der Waals surface area contributed by atoms with E-state index in [1.807, 2.05) is 18.3 Å². The summed E-state index contributed by atoms with van der Waals surface area (Å²) in [7, 11) is 3.17. The highest BCUT2D eigenvalue weighted by molar-refractivity contribution is 5.77. The molecule has 0 fully saturated rings. The Balaban J connectivity index is 1.66. The number of nitrogens with one attached hydrogen (secondary N) is 1. The summed E-state index contributed by atoms with van der Waals surface area (Å²) in [4.78, 5) is 18.3. The third-order valence-corrected chi connectivity index (χ3v) is 4.73. The fourth-order valence-corrected chi connectivity index (χ4v) is 3.49. The van der Waals surface area contributed by atoms with Crippen LogP contribution in [-0.2, 0) is 29.2 Å². The molecule has 1 amide bonds. The van der Waals surface area contributed by atoms with Crippen LogP contribution in [0.3, 0.4) is 0 Å². The highest BCUT2D eigenvalue weighted by atomic mass is 16.5. The lowest BCUT2D eigenvalue weighted by molar-refractivity contribution is -0.124. The molecule has 0 saturated heterocycles. The van der Waals surface area contributed by atoms with Crippen molar-refractivity contribution < 1.29 is 14.3 Å².